The molecule has 1 amide bonds. The van der Waals surface area contributed by atoms with Gasteiger partial charge in [0, 0.05) is 5.57 Å². The first-order chi connectivity index (χ1) is 4.83. The van der Waals surface area contributed by atoms with Crippen molar-refractivity contribution in [3.63, 3.8) is 0 Å². The number of amides is 1. The minimum absolute atomic E-state index is 0. The van der Waals surface area contributed by atoms with E-state index in [0.29, 0.717) is 0 Å². The summed E-state index contributed by atoms with van der Waals surface area (Å²) >= 11 is 0. The van der Waals surface area contributed by atoms with Crippen molar-refractivity contribution >= 4 is 67.4 Å². The van der Waals surface area contributed by atoms with Gasteiger partial charge in [0.25, 0.3) is 10.1 Å². The van der Waals surface area contributed by atoms with Gasteiger partial charge >= 0.3 is 51.4 Å². The molecule has 0 rings (SSSR count). The molecule has 0 saturated heterocycles. The number of hydrogen-bond donors (Lipinski definition) is 2. The fourth-order valence-electron chi connectivity index (χ4n) is 0.308. The molecule has 0 heterocycles. The van der Waals surface area contributed by atoms with Gasteiger partial charge < -0.3 is 5.32 Å². The quantitative estimate of drug-likeness (QED) is 0.357. The fourth-order valence-corrected chi connectivity index (χ4v) is 0.621. The maximum atomic E-state index is 10.6. The van der Waals surface area contributed by atoms with E-state index in [2.05, 4.69) is 6.58 Å². The summed E-state index contributed by atoms with van der Waals surface area (Å²) in [5.41, 5.74) is 0.189. The molecule has 0 aromatic rings. The van der Waals surface area contributed by atoms with Crippen molar-refractivity contribution in [3.05, 3.63) is 12.2 Å². The zero-order valence-electron chi connectivity index (χ0n) is 5.99. The molecule has 0 aliphatic heterocycles. The standard InChI is InChI=1S/C5H9NO4S.K.H/c1-4(2)5(7)6-3-11(8,9)10;;/h1,3H2,2H3,(H,6,7)(H,8,9,10);;. The van der Waals surface area contributed by atoms with Crippen LogP contribution in [0.25, 0.3) is 0 Å². The Morgan fingerprint density at radius 2 is 2.00 bits per heavy atom. The number of hydrogen-bond acceptors (Lipinski definition) is 3. The van der Waals surface area contributed by atoms with Crippen molar-refractivity contribution in [2.24, 2.45) is 0 Å². The van der Waals surface area contributed by atoms with Crippen LogP contribution < -0.4 is 5.32 Å². The van der Waals surface area contributed by atoms with Gasteiger partial charge in [0.15, 0.2) is 0 Å². The second kappa shape index (κ2) is 6.25. The number of carbonyl (C=O) groups excluding carboxylic acids is 1. The van der Waals surface area contributed by atoms with Crippen molar-refractivity contribution in [2.45, 2.75) is 6.92 Å². The topological polar surface area (TPSA) is 83.5 Å². The molecule has 0 aromatic heterocycles. The van der Waals surface area contributed by atoms with E-state index in [9.17, 15) is 13.2 Å². The van der Waals surface area contributed by atoms with Crippen molar-refractivity contribution < 1.29 is 17.8 Å². The molecule has 5 nitrogen and oxygen atoms in total. The molecule has 0 aromatic carbocycles. The van der Waals surface area contributed by atoms with Crippen LogP contribution in [-0.2, 0) is 14.9 Å². The van der Waals surface area contributed by atoms with Gasteiger partial charge in [-0.3, -0.25) is 9.35 Å². The third-order valence-electron chi connectivity index (χ3n) is 0.803. The summed E-state index contributed by atoms with van der Waals surface area (Å²) in [5, 5.41) is 1.95. The van der Waals surface area contributed by atoms with Gasteiger partial charge in [-0.1, -0.05) is 6.58 Å². The van der Waals surface area contributed by atoms with Gasteiger partial charge in [0.2, 0.25) is 5.91 Å². The van der Waals surface area contributed by atoms with Crippen LogP contribution in [0.2, 0.25) is 0 Å². The second-order valence-electron chi connectivity index (χ2n) is 2.01. The van der Waals surface area contributed by atoms with Crippen LogP contribution in [0.15, 0.2) is 12.2 Å². The molecule has 7 heteroatoms. The van der Waals surface area contributed by atoms with Gasteiger partial charge in [0.05, 0.1) is 0 Å². The second-order valence-corrected chi connectivity index (χ2v) is 3.46. The Labute approximate surface area is 114 Å². The molecule has 0 saturated carbocycles. The van der Waals surface area contributed by atoms with E-state index in [1.807, 2.05) is 5.32 Å². The molecule has 0 atom stereocenters. The molecule has 0 aliphatic carbocycles. The number of carbonyl (C=O) groups is 1. The summed E-state index contributed by atoms with van der Waals surface area (Å²) < 4.78 is 28.3. The zero-order valence-corrected chi connectivity index (χ0v) is 6.81. The van der Waals surface area contributed by atoms with E-state index in [1.54, 1.807) is 0 Å². The summed E-state index contributed by atoms with van der Waals surface area (Å²) in [6, 6.07) is 0. The van der Waals surface area contributed by atoms with E-state index in [4.69, 9.17) is 4.55 Å². The van der Waals surface area contributed by atoms with Crippen LogP contribution in [0.1, 0.15) is 6.92 Å². The summed E-state index contributed by atoms with van der Waals surface area (Å²) in [4.78, 5) is 10.6. The van der Waals surface area contributed by atoms with E-state index >= 15 is 0 Å². The van der Waals surface area contributed by atoms with Gasteiger partial charge in [-0.25, -0.2) is 0 Å². The van der Waals surface area contributed by atoms with Crippen LogP contribution in [0.4, 0.5) is 0 Å². The first-order valence-electron chi connectivity index (χ1n) is 2.72. The van der Waals surface area contributed by atoms with Crippen molar-refractivity contribution in [1.82, 2.24) is 5.32 Å². The molecular formula is C5H10KNO4S. The maximum absolute atomic E-state index is 10.6. The van der Waals surface area contributed by atoms with Gasteiger partial charge in [-0.05, 0) is 6.92 Å². The normalized spacial score (nSPS) is 9.83. The van der Waals surface area contributed by atoms with Gasteiger partial charge in [-0.15, -0.1) is 0 Å². The van der Waals surface area contributed by atoms with E-state index in [-0.39, 0.29) is 57.0 Å². The van der Waals surface area contributed by atoms with Crippen molar-refractivity contribution in [1.29, 1.82) is 0 Å². The summed E-state index contributed by atoms with van der Waals surface area (Å²) in [7, 11) is -4.13. The van der Waals surface area contributed by atoms with Gasteiger partial charge in [0.1, 0.15) is 5.88 Å². The molecular weight excluding hydrogens is 209 g/mol. The molecule has 0 fully saturated rings. The van der Waals surface area contributed by atoms with E-state index in [0.717, 1.165) is 0 Å². The average molecular weight is 219 g/mol. The third kappa shape index (κ3) is 8.85. The summed E-state index contributed by atoms with van der Waals surface area (Å²) in [6.45, 7) is 4.70. The number of nitrogens with one attached hydrogen (secondary N) is 1. The van der Waals surface area contributed by atoms with Crippen LogP contribution in [-0.4, -0.2) is 76.1 Å². The van der Waals surface area contributed by atoms with E-state index in [1.165, 1.54) is 6.92 Å². The average Bonchev–Trinajstić information content (AvgIpc) is 1.80. The minimum atomic E-state index is -4.13. The zero-order chi connectivity index (χ0) is 9.07. The van der Waals surface area contributed by atoms with Crippen LogP contribution in [0, 0.1) is 0 Å². The van der Waals surface area contributed by atoms with Crippen LogP contribution >= 0.6 is 0 Å². The predicted molar refractivity (Wildman–Crippen MR) is 46.5 cm³/mol. The Hall–Kier alpha value is 0.756. The van der Waals surface area contributed by atoms with E-state index < -0.39 is 21.9 Å². The predicted octanol–water partition coefficient (Wildman–Crippen LogP) is -1.12. The molecule has 66 valence electrons. The van der Waals surface area contributed by atoms with Crippen LogP contribution in [0.5, 0.6) is 0 Å². The van der Waals surface area contributed by atoms with Crippen molar-refractivity contribution in [2.75, 3.05) is 5.88 Å². The molecule has 0 bridgehead atoms. The Balaban J connectivity index is 0. The summed E-state index contributed by atoms with van der Waals surface area (Å²) in [6.07, 6.45) is 0. The first-order valence-corrected chi connectivity index (χ1v) is 4.32. The molecule has 0 spiro atoms. The molecule has 0 unspecified atom stereocenters. The fraction of sp³-hybridized carbons (Fsp3) is 0.400. The Bertz CT molecular complexity index is 271. The van der Waals surface area contributed by atoms with Gasteiger partial charge in [-0.2, -0.15) is 8.42 Å². The summed E-state index contributed by atoms with van der Waals surface area (Å²) in [5.74, 6) is -1.37. The monoisotopic (exact) mass is 219 g/mol. The molecule has 0 radical (unpaired) electrons. The third-order valence-corrected chi connectivity index (χ3v) is 1.31. The Kier molecular flexibility index (Phi) is 7.93. The Morgan fingerprint density at radius 1 is 1.58 bits per heavy atom. The molecule has 12 heavy (non-hydrogen) atoms. The Morgan fingerprint density at radius 3 is 2.25 bits per heavy atom. The SMILES string of the molecule is C=C(C)C(=O)NCS(=O)(=O)O.[KH]. The molecule has 0 aliphatic rings. The van der Waals surface area contributed by atoms with Crippen LogP contribution in [0.3, 0.4) is 0 Å². The first kappa shape index (κ1) is 15.2. The van der Waals surface area contributed by atoms with Crippen molar-refractivity contribution in [3.8, 4) is 0 Å². The molecule has 2 N–H and O–H groups in total. The number of rotatable bonds is 3.